The number of nitro benzene ring substituents is 1. The average molecular weight is 380 g/mol. The van der Waals surface area contributed by atoms with Crippen molar-refractivity contribution < 1.29 is 9.72 Å². The van der Waals surface area contributed by atoms with E-state index in [0.717, 1.165) is 18.5 Å². The van der Waals surface area contributed by atoms with Crippen LogP contribution in [0.15, 0.2) is 35.1 Å². The van der Waals surface area contributed by atoms with Gasteiger partial charge in [0.1, 0.15) is 5.82 Å². The van der Waals surface area contributed by atoms with Crippen molar-refractivity contribution in [1.82, 2.24) is 19.7 Å². The molecule has 0 radical (unpaired) electrons. The summed E-state index contributed by atoms with van der Waals surface area (Å²) >= 11 is 0. The van der Waals surface area contributed by atoms with Crippen molar-refractivity contribution in [1.29, 1.82) is 0 Å². The minimum atomic E-state index is -0.532. The number of hydrogen-bond acceptors (Lipinski definition) is 6. The van der Waals surface area contributed by atoms with Crippen LogP contribution < -0.4 is 10.9 Å². The molecule has 4 rings (SSSR count). The van der Waals surface area contributed by atoms with Gasteiger partial charge in [0.25, 0.3) is 17.2 Å². The number of nitrogens with one attached hydrogen (secondary N) is 2. The predicted octanol–water partition coefficient (Wildman–Crippen LogP) is 1.91. The van der Waals surface area contributed by atoms with Crippen LogP contribution >= 0.6 is 0 Å². The van der Waals surface area contributed by atoms with Crippen molar-refractivity contribution >= 4 is 17.4 Å². The summed E-state index contributed by atoms with van der Waals surface area (Å²) in [5.41, 5.74) is 2.04. The van der Waals surface area contributed by atoms with Gasteiger partial charge in [0.2, 0.25) is 5.95 Å². The first-order valence-corrected chi connectivity index (χ1v) is 8.67. The first-order chi connectivity index (χ1) is 13.4. The Kier molecular flexibility index (Phi) is 4.22. The molecule has 2 N–H and O–H groups in total. The lowest BCUT2D eigenvalue weighted by molar-refractivity contribution is -0.384. The molecule has 2 heterocycles. The van der Waals surface area contributed by atoms with E-state index in [0.29, 0.717) is 23.5 Å². The van der Waals surface area contributed by atoms with Crippen molar-refractivity contribution in [2.75, 3.05) is 5.32 Å². The van der Waals surface area contributed by atoms with Gasteiger partial charge < -0.3 is 5.32 Å². The van der Waals surface area contributed by atoms with E-state index in [1.807, 2.05) is 0 Å². The van der Waals surface area contributed by atoms with Crippen LogP contribution in [0, 0.1) is 17.0 Å². The smallest absolute Gasteiger partial charge is 0.269 e. The molecule has 0 atom stereocenters. The van der Waals surface area contributed by atoms with Crippen LogP contribution in [-0.2, 0) is 12.8 Å². The molecule has 0 bridgehead atoms. The van der Waals surface area contributed by atoms with Crippen LogP contribution in [0.5, 0.6) is 0 Å². The third-order valence-corrected chi connectivity index (χ3v) is 4.54. The number of fused-ring (bicyclic) bond motifs is 1. The van der Waals surface area contributed by atoms with Gasteiger partial charge in [-0.3, -0.25) is 24.7 Å². The minimum Gasteiger partial charge on any atom is -0.306 e. The minimum absolute atomic E-state index is 0.0997. The number of amides is 1. The van der Waals surface area contributed by atoms with Gasteiger partial charge >= 0.3 is 0 Å². The molecule has 1 aromatic carbocycles. The summed E-state index contributed by atoms with van der Waals surface area (Å²) < 4.78 is 1.37. The highest BCUT2D eigenvalue weighted by atomic mass is 16.6. The van der Waals surface area contributed by atoms with Crippen molar-refractivity contribution in [3.8, 4) is 5.95 Å². The normalized spacial score (nSPS) is 12.6. The van der Waals surface area contributed by atoms with Gasteiger partial charge in [0.05, 0.1) is 16.3 Å². The molecule has 28 heavy (non-hydrogen) atoms. The Morgan fingerprint density at radius 3 is 2.75 bits per heavy atom. The zero-order valence-electron chi connectivity index (χ0n) is 14.9. The van der Waals surface area contributed by atoms with Crippen LogP contribution in [0.4, 0.5) is 11.5 Å². The summed E-state index contributed by atoms with van der Waals surface area (Å²) in [6.45, 7) is 1.75. The fraction of sp³-hybridized carbons (Fsp3) is 0.222. The molecule has 0 unspecified atom stereocenters. The molecular weight excluding hydrogens is 364 g/mol. The van der Waals surface area contributed by atoms with Crippen molar-refractivity contribution in [3.05, 3.63) is 73.3 Å². The predicted molar refractivity (Wildman–Crippen MR) is 99.8 cm³/mol. The van der Waals surface area contributed by atoms with E-state index in [4.69, 9.17) is 0 Å². The van der Waals surface area contributed by atoms with Gasteiger partial charge in [0, 0.05) is 29.3 Å². The fourth-order valence-electron chi connectivity index (χ4n) is 3.20. The van der Waals surface area contributed by atoms with Crippen LogP contribution in [0.25, 0.3) is 5.95 Å². The van der Waals surface area contributed by atoms with Crippen molar-refractivity contribution in [3.63, 3.8) is 0 Å². The van der Waals surface area contributed by atoms with E-state index in [2.05, 4.69) is 20.4 Å². The van der Waals surface area contributed by atoms with Crippen LogP contribution in [0.1, 0.15) is 33.7 Å². The number of nitrogens with zero attached hydrogens (tertiary/aromatic N) is 4. The van der Waals surface area contributed by atoms with Gasteiger partial charge in [-0.15, -0.1) is 0 Å². The van der Waals surface area contributed by atoms with E-state index >= 15 is 0 Å². The Balaban J connectivity index is 1.65. The maximum atomic E-state index is 12.5. The number of benzene rings is 1. The SMILES string of the molecule is Cc1cc(NC(=O)c2ccc([N+](=O)[O-])cc2)n(-c2nc3c(c(=O)[nH]2)CCC3)n1. The number of rotatable bonds is 4. The number of anilines is 1. The number of aryl methyl sites for hydroxylation is 2. The summed E-state index contributed by atoms with van der Waals surface area (Å²) in [5, 5.41) is 17.8. The van der Waals surface area contributed by atoms with Crippen LogP contribution in [0.2, 0.25) is 0 Å². The molecule has 0 fully saturated rings. The maximum Gasteiger partial charge on any atom is 0.269 e. The Morgan fingerprint density at radius 2 is 2.04 bits per heavy atom. The maximum absolute atomic E-state index is 12.5. The molecule has 1 aliphatic carbocycles. The fourth-order valence-corrected chi connectivity index (χ4v) is 3.20. The Morgan fingerprint density at radius 1 is 1.29 bits per heavy atom. The monoisotopic (exact) mass is 380 g/mol. The molecule has 0 aliphatic heterocycles. The molecular formula is C18H16N6O4. The van der Waals surface area contributed by atoms with Crippen LogP contribution in [-0.4, -0.2) is 30.6 Å². The molecule has 142 valence electrons. The second-order valence-corrected chi connectivity index (χ2v) is 6.51. The Labute approximate surface area is 158 Å². The average Bonchev–Trinajstić information content (AvgIpc) is 3.28. The summed E-state index contributed by atoms with van der Waals surface area (Å²) in [4.78, 5) is 42.2. The molecule has 1 amide bonds. The topological polar surface area (TPSA) is 136 Å². The molecule has 1 aliphatic rings. The quantitative estimate of drug-likeness (QED) is 0.524. The lowest BCUT2D eigenvalue weighted by Gasteiger charge is -2.09. The Hall–Kier alpha value is -3.82. The van der Waals surface area contributed by atoms with Gasteiger partial charge in [-0.25, -0.2) is 4.98 Å². The molecule has 10 nitrogen and oxygen atoms in total. The standard InChI is InChI=1S/C18H16N6O4/c1-10-9-15(20-16(25)11-5-7-12(8-6-11)24(27)28)23(22-10)18-19-14-4-2-3-13(14)17(26)21-18/h5-9H,2-4H2,1H3,(H,20,25)(H,19,21,26). The number of carbonyl (C=O) groups excluding carboxylic acids is 1. The molecule has 0 saturated carbocycles. The number of nitro groups is 1. The van der Waals surface area contributed by atoms with E-state index in [-0.39, 0.29) is 22.8 Å². The largest absolute Gasteiger partial charge is 0.306 e. The number of non-ortho nitro benzene ring substituents is 1. The highest BCUT2D eigenvalue weighted by Gasteiger charge is 2.20. The van der Waals surface area contributed by atoms with Crippen LogP contribution in [0.3, 0.4) is 0 Å². The Bertz CT molecular complexity index is 1150. The third kappa shape index (κ3) is 3.15. The van der Waals surface area contributed by atoms with E-state index in [1.54, 1.807) is 13.0 Å². The molecule has 2 aromatic heterocycles. The highest BCUT2D eigenvalue weighted by molar-refractivity contribution is 6.04. The van der Waals surface area contributed by atoms with E-state index in [1.165, 1.54) is 28.9 Å². The second-order valence-electron chi connectivity index (χ2n) is 6.51. The first kappa shape index (κ1) is 17.6. The third-order valence-electron chi connectivity index (χ3n) is 4.54. The molecule has 10 heteroatoms. The summed E-state index contributed by atoms with van der Waals surface area (Å²) in [7, 11) is 0. The second kappa shape index (κ2) is 6.72. The van der Waals surface area contributed by atoms with Crippen molar-refractivity contribution in [2.24, 2.45) is 0 Å². The zero-order valence-corrected chi connectivity index (χ0v) is 14.9. The van der Waals surface area contributed by atoms with Gasteiger partial charge in [-0.1, -0.05) is 0 Å². The number of carbonyl (C=O) groups is 1. The number of hydrogen-bond donors (Lipinski definition) is 2. The summed E-state index contributed by atoms with van der Waals surface area (Å²) in [6, 6.07) is 6.91. The molecule has 3 aromatic rings. The summed E-state index contributed by atoms with van der Waals surface area (Å²) in [6.07, 6.45) is 2.33. The number of aromatic nitrogens is 4. The highest BCUT2D eigenvalue weighted by Crippen LogP contribution is 2.20. The lowest BCUT2D eigenvalue weighted by Crippen LogP contribution is -2.21. The van der Waals surface area contributed by atoms with Gasteiger partial charge in [-0.2, -0.15) is 9.78 Å². The number of aromatic amines is 1. The molecule has 0 saturated heterocycles. The number of H-pyrrole nitrogens is 1. The van der Waals surface area contributed by atoms with E-state index < -0.39 is 10.8 Å². The first-order valence-electron chi connectivity index (χ1n) is 8.67. The van der Waals surface area contributed by atoms with Gasteiger partial charge in [0.15, 0.2) is 0 Å². The van der Waals surface area contributed by atoms with Crippen molar-refractivity contribution in [2.45, 2.75) is 26.2 Å². The zero-order chi connectivity index (χ0) is 19.8. The summed E-state index contributed by atoms with van der Waals surface area (Å²) in [5.74, 6) is 0.110. The molecule has 0 spiro atoms. The lowest BCUT2D eigenvalue weighted by atomic mass is 10.2. The van der Waals surface area contributed by atoms with Gasteiger partial charge in [-0.05, 0) is 38.3 Å². The van der Waals surface area contributed by atoms with E-state index in [9.17, 15) is 19.7 Å².